The standard InChI is InChI=1S/C16H21FN2O2/c1-4-11(2)19-8-7-14(18-19)10-21-16-6-5-13(12(3)20)9-15(16)17/h5-9,11-12,20H,4,10H2,1-3H3/t11?,12-/m1/s1. The Morgan fingerprint density at radius 2 is 2.10 bits per heavy atom. The van der Waals surface area contributed by atoms with Crippen molar-refractivity contribution in [2.45, 2.75) is 45.9 Å². The molecule has 0 saturated carbocycles. The van der Waals surface area contributed by atoms with E-state index in [4.69, 9.17) is 4.74 Å². The van der Waals surface area contributed by atoms with Crippen LogP contribution in [0, 0.1) is 5.82 Å². The molecule has 1 unspecified atom stereocenters. The Kier molecular flexibility index (Phi) is 4.96. The highest BCUT2D eigenvalue weighted by atomic mass is 19.1. The molecule has 1 N–H and O–H groups in total. The topological polar surface area (TPSA) is 47.3 Å². The van der Waals surface area contributed by atoms with Crippen molar-refractivity contribution in [2.75, 3.05) is 0 Å². The van der Waals surface area contributed by atoms with Gasteiger partial charge in [0.15, 0.2) is 11.6 Å². The fourth-order valence-electron chi connectivity index (χ4n) is 1.93. The normalized spacial score (nSPS) is 14.0. The van der Waals surface area contributed by atoms with Crippen molar-refractivity contribution in [1.82, 2.24) is 9.78 Å². The van der Waals surface area contributed by atoms with E-state index in [9.17, 15) is 9.50 Å². The predicted octanol–water partition coefficient (Wildman–Crippen LogP) is 3.63. The van der Waals surface area contributed by atoms with Crippen LogP contribution in [0.25, 0.3) is 0 Å². The van der Waals surface area contributed by atoms with E-state index in [2.05, 4.69) is 18.9 Å². The fourth-order valence-corrected chi connectivity index (χ4v) is 1.93. The van der Waals surface area contributed by atoms with Gasteiger partial charge in [-0.25, -0.2) is 4.39 Å². The number of nitrogens with zero attached hydrogens (tertiary/aromatic N) is 2. The maximum atomic E-state index is 13.8. The van der Waals surface area contributed by atoms with Crippen LogP contribution >= 0.6 is 0 Å². The minimum atomic E-state index is -0.695. The number of hydrogen-bond acceptors (Lipinski definition) is 3. The van der Waals surface area contributed by atoms with Gasteiger partial charge < -0.3 is 9.84 Å². The molecule has 0 spiro atoms. The van der Waals surface area contributed by atoms with Crippen LogP contribution in [0.15, 0.2) is 30.5 Å². The monoisotopic (exact) mass is 292 g/mol. The largest absolute Gasteiger partial charge is 0.484 e. The molecule has 0 amide bonds. The van der Waals surface area contributed by atoms with E-state index in [1.54, 1.807) is 13.0 Å². The van der Waals surface area contributed by atoms with Crippen LogP contribution in [0.3, 0.4) is 0 Å². The minimum Gasteiger partial charge on any atom is -0.484 e. The summed E-state index contributed by atoms with van der Waals surface area (Å²) < 4.78 is 21.2. The molecule has 0 aliphatic heterocycles. The van der Waals surface area contributed by atoms with Gasteiger partial charge in [0.25, 0.3) is 0 Å². The van der Waals surface area contributed by atoms with Crippen LogP contribution in [0.4, 0.5) is 4.39 Å². The summed E-state index contributed by atoms with van der Waals surface area (Å²) in [7, 11) is 0. The Labute approximate surface area is 124 Å². The summed E-state index contributed by atoms with van der Waals surface area (Å²) in [6, 6.07) is 6.68. The number of hydrogen-bond donors (Lipinski definition) is 1. The van der Waals surface area contributed by atoms with E-state index in [0.29, 0.717) is 11.6 Å². The first-order valence-electron chi connectivity index (χ1n) is 7.15. The number of aromatic nitrogens is 2. The fraction of sp³-hybridized carbons (Fsp3) is 0.438. The minimum absolute atomic E-state index is 0.164. The molecule has 4 nitrogen and oxygen atoms in total. The molecule has 0 aliphatic carbocycles. The van der Waals surface area contributed by atoms with Gasteiger partial charge in [-0.1, -0.05) is 13.0 Å². The van der Waals surface area contributed by atoms with E-state index in [1.165, 1.54) is 12.1 Å². The second-order valence-electron chi connectivity index (χ2n) is 5.20. The number of benzene rings is 1. The van der Waals surface area contributed by atoms with Crippen molar-refractivity contribution in [2.24, 2.45) is 0 Å². The molecule has 0 fully saturated rings. The number of ether oxygens (including phenoxy) is 1. The van der Waals surface area contributed by atoms with Crippen molar-refractivity contribution in [3.8, 4) is 5.75 Å². The molecule has 1 heterocycles. The molecule has 21 heavy (non-hydrogen) atoms. The van der Waals surface area contributed by atoms with Crippen LogP contribution in [-0.2, 0) is 6.61 Å². The number of aliphatic hydroxyl groups is 1. The van der Waals surface area contributed by atoms with Crippen molar-refractivity contribution < 1.29 is 14.2 Å². The molecule has 1 aromatic heterocycles. The Bertz CT molecular complexity index is 596. The number of rotatable bonds is 6. The first kappa shape index (κ1) is 15.5. The van der Waals surface area contributed by atoms with Gasteiger partial charge in [-0.15, -0.1) is 0 Å². The molecule has 0 aliphatic rings. The average molecular weight is 292 g/mol. The third kappa shape index (κ3) is 3.82. The summed E-state index contributed by atoms with van der Waals surface area (Å²) in [5.41, 5.74) is 1.29. The maximum Gasteiger partial charge on any atom is 0.165 e. The van der Waals surface area contributed by atoms with Crippen molar-refractivity contribution in [3.05, 3.63) is 47.5 Å². The van der Waals surface area contributed by atoms with E-state index >= 15 is 0 Å². The summed E-state index contributed by atoms with van der Waals surface area (Å²) in [5.74, 6) is -0.313. The summed E-state index contributed by atoms with van der Waals surface area (Å²) in [6.07, 6.45) is 2.21. The zero-order valence-corrected chi connectivity index (χ0v) is 12.6. The third-order valence-corrected chi connectivity index (χ3v) is 3.52. The molecule has 114 valence electrons. The summed E-state index contributed by atoms with van der Waals surface area (Å²) in [6.45, 7) is 6.00. The van der Waals surface area contributed by atoms with Crippen LogP contribution in [0.5, 0.6) is 5.75 Å². The highest BCUT2D eigenvalue weighted by Crippen LogP contribution is 2.22. The Morgan fingerprint density at radius 3 is 2.71 bits per heavy atom. The van der Waals surface area contributed by atoms with Crippen LogP contribution in [-0.4, -0.2) is 14.9 Å². The maximum absolute atomic E-state index is 13.8. The lowest BCUT2D eigenvalue weighted by Crippen LogP contribution is -2.06. The van der Waals surface area contributed by atoms with Gasteiger partial charge in [-0.2, -0.15) is 5.10 Å². The van der Waals surface area contributed by atoms with E-state index < -0.39 is 11.9 Å². The van der Waals surface area contributed by atoms with Gasteiger partial charge in [0.1, 0.15) is 6.61 Å². The SMILES string of the molecule is CCC(C)n1ccc(COc2ccc([C@@H](C)O)cc2F)n1. The predicted molar refractivity (Wildman–Crippen MR) is 78.6 cm³/mol. The average Bonchev–Trinajstić information content (AvgIpc) is 2.93. The highest BCUT2D eigenvalue weighted by molar-refractivity contribution is 5.30. The Morgan fingerprint density at radius 1 is 1.33 bits per heavy atom. The van der Waals surface area contributed by atoms with Gasteiger partial charge in [-0.3, -0.25) is 4.68 Å². The van der Waals surface area contributed by atoms with E-state index in [0.717, 1.165) is 12.1 Å². The molecule has 5 heteroatoms. The molecule has 0 saturated heterocycles. The van der Waals surface area contributed by atoms with Crippen LogP contribution < -0.4 is 4.74 Å². The van der Waals surface area contributed by atoms with Crippen molar-refractivity contribution in [1.29, 1.82) is 0 Å². The number of aliphatic hydroxyl groups excluding tert-OH is 1. The lowest BCUT2D eigenvalue weighted by Gasteiger charge is -2.10. The lowest BCUT2D eigenvalue weighted by molar-refractivity contribution is 0.198. The van der Waals surface area contributed by atoms with Gasteiger partial charge in [-0.05, 0) is 44.0 Å². The third-order valence-electron chi connectivity index (χ3n) is 3.52. The lowest BCUT2D eigenvalue weighted by atomic mass is 10.1. The molecule has 0 radical (unpaired) electrons. The molecular weight excluding hydrogens is 271 g/mol. The van der Waals surface area contributed by atoms with Crippen molar-refractivity contribution >= 4 is 0 Å². The van der Waals surface area contributed by atoms with Gasteiger partial charge in [0.05, 0.1) is 11.8 Å². The molecule has 2 rings (SSSR count). The smallest absolute Gasteiger partial charge is 0.165 e. The summed E-state index contributed by atoms with van der Waals surface area (Å²) in [5, 5.41) is 13.8. The summed E-state index contributed by atoms with van der Waals surface area (Å²) in [4.78, 5) is 0. The molecule has 0 bridgehead atoms. The molecular formula is C16H21FN2O2. The zero-order chi connectivity index (χ0) is 15.4. The van der Waals surface area contributed by atoms with Gasteiger partial charge in [0.2, 0.25) is 0 Å². The quantitative estimate of drug-likeness (QED) is 0.884. The van der Waals surface area contributed by atoms with Gasteiger partial charge in [0, 0.05) is 12.2 Å². The second-order valence-corrected chi connectivity index (χ2v) is 5.20. The van der Waals surface area contributed by atoms with Crippen LogP contribution in [0.1, 0.15) is 50.6 Å². The van der Waals surface area contributed by atoms with Crippen molar-refractivity contribution in [3.63, 3.8) is 0 Å². The van der Waals surface area contributed by atoms with E-state index in [-0.39, 0.29) is 12.4 Å². The van der Waals surface area contributed by atoms with Crippen LogP contribution in [0.2, 0.25) is 0 Å². The molecule has 1 aromatic carbocycles. The number of halogens is 1. The van der Waals surface area contributed by atoms with E-state index in [1.807, 2.05) is 16.9 Å². The first-order chi connectivity index (χ1) is 10.0. The molecule has 2 atom stereocenters. The second kappa shape index (κ2) is 6.72. The Hall–Kier alpha value is -1.88. The van der Waals surface area contributed by atoms with Gasteiger partial charge >= 0.3 is 0 Å². The Balaban J connectivity index is 2.01. The molecule has 2 aromatic rings. The summed E-state index contributed by atoms with van der Waals surface area (Å²) >= 11 is 0. The first-order valence-corrected chi connectivity index (χ1v) is 7.15. The highest BCUT2D eigenvalue weighted by Gasteiger charge is 2.10. The zero-order valence-electron chi connectivity index (χ0n) is 12.6.